The molecule has 3 aromatic rings. The monoisotopic (exact) mass is 378 g/mol. The first kappa shape index (κ1) is 19.3. The number of rotatable bonds is 5. The number of nitrogens with zero attached hydrogens (tertiary/aromatic N) is 2. The molecule has 0 radical (unpaired) electrons. The van der Waals surface area contributed by atoms with Crippen molar-refractivity contribution in [1.82, 2.24) is 15.1 Å². The zero-order valence-electron chi connectivity index (χ0n) is 16.0. The standard InChI is InChI=1S/C21H22N4O3/c1-4-22-19(26)14-8-7-9-15(12-14)23-20(27)18-16-10-5-6-11-17(16)21(28)25(24-18)13(2)3/h5-13H,4H2,1-3H3,(H,22,26)(H,23,27). The molecule has 1 heterocycles. The maximum Gasteiger partial charge on any atom is 0.276 e. The number of fused-ring (bicyclic) bond motifs is 1. The predicted octanol–water partition coefficient (Wildman–Crippen LogP) is 2.98. The Labute approximate surface area is 162 Å². The van der Waals surface area contributed by atoms with Crippen LogP contribution in [0.4, 0.5) is 5.69 Å². The second kappa shape index (κ2) is 8.04. The fraction of sp³-hybridized carbons (Fsp3) is 0.238. The number of amides is 2. The highest BCUT2D eigenvalue weighted by atomic mass is 16.2. The van der Waals surface area contributed by atoms with Crippen LogP contribution in [0.25, 0.3) is 10.8 Å². The summed E-state index contributed by atoms with van der Waals surface area (Å²) >= 11 is 0. The number of hydrogen-bond acceptors (Lipinski definition) is 4. The lowest BCUT2D eigenvalue weighted by molar-refractivity contribution is 0.0954. The molecular formula is C21H22N4O3. The average Bonchev–Trinajstić information content (AvgIpc) is 2.68. The van der Waals surface area contributed by atoms with E-state index in [1.807, 2.05) is 20.8 Å². The van der Waals surface area contributed by atoms with Gasteiger partial charge in [-0.15, -0.1) is 0 Å². The molecule has 144 valence electrons. The Bertz CT molecular complexity index is 1100. The quantitative estimate of drug-likeness (QED) is 0.714. The van der Waals surface area contributed by atoms with Crippen LogP contribution < -0.4 is 16.2 Å². The van der Waals surface area contributed by atoms with E-state index < -0.39 is 5.91 Å². The Morgan fingerprint density at radius 3 is 2.43 bits per heavy atom. The van der Waals surface area contributed by atoms with Crippen molar-refractivity contribution in [2.45, 2.75) is 26.8 Å². The smallest absolute Gasteiger partial charge is 0.276 e. The summed E-state index contributed by atoms with van der Waals surface area (Å²) in [5.41, 5.74) is 0.847. The lowest BCUT2D eigenvalue weighted by atomic mass is 10.1. The van der Waals surface area contributed by atoms with Gasteiger partial charge in [-0.05, 0) is 45.0 Å². The third-order valence-electron chi connectivity index (χ3n) is 4.25. The van der Waals surface area contributed by atoms with Gasteiger partial charge in [0, 0.05) is 23.2 Å². The molecule has 3 rings (SSSR count). The van der Waals surface area contributed by atoms with Crippen molar-refractivity contribution in [2.75, 3.05) is 11.9 Å². The zero-order valence-corrected chi connectivity index (χ0v) is 16.0. The summed E-state index contributed by atoms with van der Waals surface area (Å²) in [6.07, 6.45) is 0. The Morgan fingerprint density at radius 2 is 1.75 bits per heavy atom. The molecule has 1 aromatic heterocycles. The molecule has 0 aliphatic carbocycles. The van der Waals surface area contributed by atoms with Crippen LogP contribution in [0.1, 0.15) is 47.7 Å². The summed E-state index contributed by atoms with van der Waals surface area (Å²) in [5.74, 6) is -0.658. The number of nitrogens with one attached hydrogen (secondary N) is 2. The predicted molar refractivity (Wildman–Crippen MR) is 109 cm³/mol. The summed E-state index contributed by atoms with van der Waals surface area (Å²) in [7, 11) is 0. The number of anilines is 1. The van der Waals surface area contributed by atoms with Gasteiger partial charge in [0.2, 0.25) is 0 Å². The van der Waals surface area contributed by atoms with E-state index in [4.69, 9.17) is 0 Å². The van der Waals surface area contributed by atoms with Crippen LogP contribution in [0.5, 0.6) is 0 Å². The van der Waals surface area contributed by atoms with E-state index in [1.54, 1.807) is 48.5 Å². The summed E-state index contributed by atoms with van der Waals surface area (Å²) in [4.78, 5) is 37.6. The van der Waals surface area contributed by atoms with Gasteiger partial charge in [0.05, 0.1) is 11.4 Å². The molecule has 7 heteroatoms. The summed E-state index contributed by atoms with van der Waals surface area (Å²) in [5, 5.41) is 10.7. The molecule has 2 aromatic carbocycles. The molecule has 0 atom stereocenters. The van der Waals surface area contributed by atoms with E-state index >= 15 is 0 Å². The molecule has 28 heavy (non-hydrogen) atoms. The fourth-order valence-corrected chi connectivity index (χ4v) is 2.92. The molecule has 7 nitrogen and oxygen atoms in total. The van der Waals surface area contributed by atoms with E-state index in [9.17, 15) is 14.4 Å². The normalized spacial score (nSPS) is 10.9. The molecule has 2 N–H and O–H groups in total. The largest absolute Gasteiger partial charge is 0.352 e. The zero-order chi connectivity index (χ0) is 20.3. The average molecular weight is 378 g/mol. The first-order chi connectivity index (χ1) is 13.4. The second-order valence-corrected chi connectivity index (χ2v) is 6.63. The Kier molecular flexibility index (Phi) is 5.54. The molecule has 0 saturated heterocycles. The number of aromatic nitrogens is 2. The number of carbonyl (C=O) groups is 2. The van der Waals surface area contributed by atoms with Gasteiger partial charge in [-0.1, -0.05) is 24.3 Å². The van der Waals surface area contributed by atoms with Gasteiger partial charge in [0.25, 0.3) is 17.4 Å². The van der Waals surface area contributed by atoms with Crippen molar-refractivity contribution >= 4 is 28.3 Å². The molecule has 0 fully saturated rings. The molecule has 2 amide bonds. The molecule has 0 bridgehead atoms. The Morgan fingerprint density at radius 1 is 1.04 bits per heavy atom. The van der Waals surface area contributed by atoms with Crippen molar-refractivity contribution in [2.24, 2.45) is 0 Å². The van der Waals surface area contributed by atoms with Crippen molar-refractivity contribution < 1.29 is 9.59 Å². The van der Waals surface area contributed by atoms with Crippen LogP contribution in [-0.4, -0.2) is 28.1 Å². The van der Waals surface area contributed by atoms with E-state index in [0.29, 0.717) is 28.6 Å². The third kappa shape index (κ3) is 3.78. The summed E-state index contributed by atoms with van der Waals surface area (Å²) in [6.45, 7) is 6.02. The molecule has 0 spiro atoms. The minimum Gasteiger partial charge on any atom is -0.352 e. The topological polar surface area (TPSA) is 93.1 Å². The van der Waals surface area contributed by atoms with Crippen molar-refractivity contribution in [3.63, 3.8) is 0 Å². The highest BCUT2D eigenvalue weighted by Crippen LogP contribution is 2.17. The lowest BCUT2D eigenvalue weighted by Crippen LogP contribution is -2.29. The second-order valence-electron chi connectivity index (χ2n) is 6.63. The van der Waals surface area contributed by atoms with Crippen LogP contribution in [-0.2, 0) is 0 Å². The maximum absolute atomic E-state index is 12.9. The summed E-state index contributed by atoms with van der Waals surface area (Å²) in [6, 6.07) is 13.4. The van der Waals surface area contributed by atoms with Crippen LogP contribution in [0, 0.1) is 0 Å². The number of carbonyl (C=O) groups excluding carboxylic acids is 2. The van der Waals surface area contributed by atoms with Crippen LogP contribution >= 0.6 is 0 Å². The van der Waals surface area contributed by atoms with Crippen molar-refractivity contribution in [3.05, 3.63) is 70.1 Å². The SMILES string of the molecule is CCNC(=O)c1cccc(NC(=O)c2nn(C(C)C)c(=O)c3ccccc23)c1. The highest BCUT2D eigenvalue weighted by molar-refractivity contribution is 6.11. The van der Waals surface area contributed by atoms with Gasteiger partial charge in [-0.3, -0.25) is 14.4 Å². The number of benzene rings is 2. The molecule has 0 saturated carbocycles. The number of hydrogen-bond donors (Lipinski definition) is 2. The van der Waals surface area contributed by atoms with Crippen LogP contribution in [0.2, 0.25) is 0 Å². The minimum atomic E-state index is -0.446. The highest BCUT2D eigenvalue weighted by Gasteiger charge is 2.18. The third-order valence-corrected chi connectivity index (χ3v) is 4.25. The van der Waals surface area contributed by atoms with E-state index in [2.05, 4.69) is 15.7 Å². The van der Waals surface area contributed by atoms with Gasteiger partial charge >= 0.3 is 0 Å². The molecule has 0 aliphatic rings. The van der Waals surface area contributed by atoms with Gasteiger partial charge in [0.15, 0.2) is 5.69 Å². The lowest BCUT2D eigenvalue weighted by Gasteiger charge is -2.13. The van der Waals surface area contributed by atoms with Crippen LogP contribution in [0.3, 0.4) is 0 Å². The van der Waals surface area contributed by atoms with Gasteiger partial charge in [-0.2, -0.15) is 5.10 Å². The van der Waals surface area contributed by atoms with Gasteiger partial charge in [-0.25, -0.2) is 4.68 Å². The first-order valence-corrected chi connectivity index (χ1v) is 9.13. The van der Waals surface area contributed by atoms with E-state index in [-0.39, 0.29) is 23.2 Å². The van der Waals surface area contributed by atoms with Gasteiger partial charge < -0.3 is 10.6 Å². The Balaban J connectivity index is 2.01. The van der Waals surface area contributed by atoms with Crippen molar-refractivity contribution in [3.8, 4) is 0 Å². The maximum atomic E-state index is 12.9. The molecular weight excluding hydrogens is 356 g/mol. The fourth-order valence-electron chi connectivity index (χ4n) is 2.92. The molecule has 0 unspecified atom stereocenters. The van der Waals surface area contributed by atoms with Crippen molar-refractivity contribution in [1.29, 1.82) is 0 Å². The molecule has 0 aliphatic heterocycles. The van der Waals surface area contributed by atoms with Gasteiger partial charge in [0.1, 0.15) is 0 Å². The van der Waals surface area contributed by atoms with E-state index in [0.717, 1.165) is 0 Å². The first-order valence-electron chi connectivity index (χ1n) is 9.13. The Hall–Kier alpha value is -3.48. The summed E-state index contributed by atoms with van der Waals surface area (Å²) < 4.78 is 1.31. The minimum absolute atomic E-state index is 0.160. The van der Waals surface area contributed by atoms with E-state index in [1.165, 1.54) is 4.68 Å². The van der Waals surface area contributed by atoms with Crippen LogP contribution in [0.15, 0.2) is 53.3 Å².